The zero-order valence-electron chi connectivity index (χ0n) is 9.54. The number of nitrogens with zero attached hydrogens (tertiary/aromatic N) is 4. The zero-order chi connectivity index (χ0) is 14.4. The van der Waals surface area contributed by atoms with Crippen LogP contribution in [0.15, 0.2) is 22.7 Å². The first-order valence-corrected chi connectivity index (χ1v) is 5.77. The number of amides is 1. The van der Waals surface area contributed by atoms with Crippen molar-refractivity contribution < 1.29 is 9.72 Å². The SMILES string of the molecule is N#CCN(CC#N)C(=O)c1ccc(Br)c([N+](=O)[O-])c1. The molecule has 8 heteroatoms. The van der Waals surface area contributed by atoms with Crippen LogP contribution in [0.5, 0.6) is 0 Å². The van der Waals surface area contributed by atoms with Crippen molar-refractivity contribution in [1.82, 2.24) is 4.90 Å². The smallest absolute Gasteiger partial charge is 0.284 e. The zero-order valence-corrected chi connectivity index (χ0v) is 11.1. The largest absolute Gasteiger partial charge is 0.312 e. The highest BCUT2D eigenvalue weighted by Crippen LogP contribution is 2.26. The molecule has 0 atom stereocenters. The summed E-state index contributed by atoms with van der Waals surface area (Å²) in [7, 11) is 0. The minimum absolute atomic E-state index is 0.0559. The number of benzene rings is 1. The fourth-order valence-electron chi connectivity index (χ4n) is 1.34. The average Bonchev–Trinajstić information content (AvgIpc) is 2.38. The number of nitro benzene ring substituents is 1. The molecule has 0 N–H and O–H groups in total. The third-order valence-electron chi connectivity index (χ3n) is 2.20. The quantitative estimate of drug-likeness (QED) is 0.477. The average molecular weight is 323 g/mol. The normalized spacial score (nSPS) is 9.21. The molecule has 0 bridgehead atoms. The van der Waals surface area contributed by atoms with Gasteiger partial charge in [0.05, 0.1) is 21.5 Å². The summed E-state index contributed by atoms with van der Waals surface area (Å²) in [6, 6.07) is 7.40. The first-order valence-electron chi connectivity index (χ1n) is 4.98. The van der Waals surface area contributed by atoms with E-state index in [1.54, 1.807) is 12.1 Å². The van der Waals surface area contributed by atoms with Crippen LogP contribution in [-0.4, -0.2) is 28.8 Å². The predicted molar refractivity (Wildman–Crippen MR) is 67.9 cm³/mol. The van der Waals surface area contributed by atoms with Gasteiger partial charge in [0.25, 0.3) is 11.6 Å². The molecule has 0 heterocycles. The van der Waals surface area contributed by atoms with Gasteiger partial charge in [-0.25, -0.2) is 0 Å². The highest BCUT2D eigenvalue weighted by Gasteiger charge is 2.20. The molecule has 0 unspecified atom stereocenters. The number of carbonyl (C=O) groups is 1. The molecule has 0 saturated carbocycles. The van der Waals surface area contributed by atoms with Gasteiger partial charge < -0.3 is 4.90 Å². The van der Waals surface area contributed by atoms with Gasteiger partial charge in [0.1, 0.15) is 13.1 Å². The van der Waals surface area contributed by atoms with Crippen molar-refractivity contribution in [2.45, 2.75) is 0 Å². The first-order chi connectivity index (χ1) is 9.01. The molecular weight excluding hydrogens is 316 g/mol. The van der Waals surface area contributed by atoms with Crippen LogP contribution in [-0.2, 0) is 0 Å². The topological polar surface area (TPSA) is 111 Å². The van der Waals surface area contributed by atoms with E-state index < -0.39 is 10.8 Å². The van der Waals surface area contributed by atoms with Crippen LogP contribution in [0.4, 0.5) is 5.69 Å². The van der Waals surface area contributed by atoms with Gasteiger partial charge in [-0.1, -0.05) is 0 Å². The molecule has 0 radical (unpaired) electrons. The van der Waals surface area contributed by atoms with Crippen molar-refractivity contribution in [3.8, 4) is 12.1 Å². The Morgan fingerprint density at radius 3 is 2.42 bits per heavy atom. The first kappa shape index (κ1) is 14.6. The summed E-state index contributed by atoms with van der Waals surface area (Å²) in [6.07, 6.45) is 0. The van der Waals surface area contributed by atoms with E-state index in [1.807, 2.05) is 0 Å². The van der Waals surface area contributed by atoms with E-state index >= 15 is 0 Å². The van der Waals surface area contributed by atoms with Gasteiger partial charge >= 0.3 is 0 Å². The fraction of sp³-hybridized carbons (Fsp3) is 0.182. The lowest BCUT2D eigenvalue weighted by Gasteiger charge is -2.15. The molecule has 1 rings (SSSR count). The van der Waals surface area contributed by atoms with Crippen LogP contribution < -0.4 is 0 Å². The van der Waals surface area contributed by atoms with E-state index in [9.17, 15) is 14.9 Å². The molecule has 0 aliphatic carbocycles. The standard InChI is InChI=1S/C11H7BrN4O3/c12-9-2-1-8(7-10(9)16(18)19)11(17)15(5-3-13)6-4-14/h1-2,7H,5-6H2. The van der Waals surface area contributed by atoms with Crippen LogP contribution in [0.25, 0.3) is 0 Å². The fourth-order valence-corrected chi connectivity index (χ4v) is 1.73. The highest BCUT2D eigenvalue weighted by atomic mass is 79.9. The summed E-state index contributed by atoms with van der Waals surface area (Å²) in [4.78, 5) is 23.1. The van der Waals surface area contributed by atoms with Crippen molar-refractivity contribution >= 4 is 27.5 Å². The van der Waals surface area contributed by atoms with Crippen molar-refractivity contribution in [2.24, 2.45) is 0 Å². The minimum Gasteiger partial charge on any atom is -0.312 e. The second-order valence-corrected chi connectivity index (χ2v) is 4.26. The van der Waals surface area contributed by atoms with Crippen molar-refractivity contribution in [3.63, 3.8) is 0 Å². The summed E-state index contributed by atoms with van der Waals surface area (Å²) in [5, 5.41) is 27.9. The van der Waals surface area contributed by atoms with Crippen LogP contribution in [0, 0.1) is 32.8 Å². The summed E-state index contributed by atoms with van der Waals surface area (Å²) in [6.45, 7) is -0.507. The monoisotopic (exact) mass is 322 g/mol. The van der Waals surface area contributed by atoms with Crippen LogP contribution >= 0.6 is 15.9 Å². The summed E-state index contributed by atoms with van der Waals surface area (Å²) in [5.74, 6) is -0.598. The van der Waals surface area contributed by atoms with E-state index in [2.05, 4.69) is 15.9 Å². The van der Waals surface area contributed by atoms with Gasteiger partial charge in [0.2, 0.25) is 0 Å². The highest BCUT2D eigenvalue weighted by molar-refractivity contribution is 9.10. The lowest BCUT2D eigenvalue weighted by Crippen LogP contribution is -2.31. The van der Waals surface area contributed by atoms with Gasteiger partial charge in [-0.2, -0.15) is 10.5 Å². The Bertz CT molecular complexity index is 587. The van der Waals surface area contributed by atoms with Gasteiger partial charge in [-0.15, -0.1) is 0 Å². The molecule has 0 aromatic heterocycles. The van der Waals surface area contributed by atoms with E-state index in [4.69, 9.17) is 10.5 Å². The van der Waals surface area contributed by atoms with Crippen LogP contribution in [0.1, 0.15) is 10.4 Å². The molecule has 0 aliphatic heterocycles. The lowest BCUT2D eigenvalue weighted by molar-refractivity contribution is -0.385. The Morgan fingerprint density at radius 2 is 1.95 bits per heavy atom. The van der Waals surface area contributed by atoms with Gasteiger partial charge in [-0.3, -0.25) is 14.9 Å². The second kappa shape index (κ2) is 6.47. The Hall–Kier alpha value is -2.45. The second-order valence-electron chi connectivity index (χ2n) is 3.40. The van der Waals surface area contributed by atoms with E-state index in [0.717, 1.165) is 11.0 Å². The Kier molecular flexibility index (Phi) is 4.98. The van der Waals surface area contributed by atoms with Crippen molar-refractivity contribution in [1.29, 1.82) is 10.5 Å². The number of carbonyl (C=O) groups excluding carboxylic acids is 1. The van der Waals surface area contributed by atoms with Crippen molar-refractivity contribution in [3.05, 3.63) is 38.3 Å². The molecular formula is C11H7BrN4O3. The molecule has 19 heavy (non-hydrogen) atoms. The molecule has 1 aromatic rings. The third kappa shape index (κ3) is 3.50. The third-order valence-corrected chi connectivity index (χ3v) is 2.87. The number of halogens is 1. The molecule has 0 fully saturated rings. The molecule has 1 amide bonds. The summed E-state index contributed by atoms with van der Waals surface area (Å²) < 4.78 is 0.251. The Morgan fingerprint density at radius 1 is 1.37 bits per heavy atom. The number of nitriles is 2. The molecule has 96 valence electrons. The minimum atomic E-state index is -0.625. The maximum absolute atomic E-state index is 12.0. The van der Waals surface area contributed by atoms with E-state index in [-0.39, 0.29) is 28.8 Å². The summed E-state index contributed by atoms with van der Waals surface area (Å²) in [5.41, 5.74) is -0.194. The number of hydrogen-bond acceptors (Lipinski definition) is 5. The maximum atomic E-state index is 12.0. The number of rotatable bonds is 4. The molecule has 7 nitrogen and oxygen atoms in total. The maximum Gasteiger partial charge on any atom is 0.284 e. The molecule has 0 saturated heterocycles. The number of hydrogen-bond donors (Lipinski definition) is 0. The van der Waals surface area contributed by atoms with Gasteiger partial charge in [0.15, 0.2) is 0 Å². The van der Waals surface area contributed by atoms with E-state index in [0.29, 0.717) is 0 Å². The molecule has 0 aliphatic rings. The number of nitro groups is 1. The van der Waals surface area contributed by atoms with Crippen LogP contribution in [0.3, 0.4) is 0 Å². The Labute approximate surface area is 116 Å². The summed E-state index contributed by atoms with van der Waals surface area (Å²) >= 11 is 3.01. The van der Waals surface area contributed by atoms with Crippen molar-refractivity contribution in [2.75, 3.05) is 13.1 Å². The molecule has 1 aromatic carbocycles. The lowest BCUT2D eigenvalue weighted by atomic mass is 10.1. The van der Waals surface area contributed by atoms with E-state index in [1.165, 1.54) is 12.1 Å². The van der Waals surface area contributed by atoms with Gasteiger partial charge in [0, 0.05) is 11.6 Å². The molecule has 0 spiro atoms. The van der Waals surface area contributed by atoms with Gasteiger partial charge in [-0.05, 0) is 28.1 Å². The Balaban J connectivity index is 3.12. The van der Waals surface area contributed by atoms with Crippen LogP contribution in [0.2, 0.25) is 0 Å². The predicted octanol–water partition coefficient (Wildman–Crippen LogP) is 1.85.